The molecule has 13 heavy (non-hydrogen) atoms. The first-order valence-electron chi connectivity index (χ1n) is 4.52. The van der Waals surface area contributed by atoms with Crippen molar-refractivity contribution < 1.29 is 9.21 Å². The SMILES string of the molecule is O=Cc1occc1C1CCSCC1. The lowest BCUT2D eigenvalue weighted by atomic mass is 9.94. The number of hydrogen-bond acceptors (Lipinski definition) is 3. The molecule has 0 aromatic carbocycles. The molecule has 0 bridgehead atoms. The van der Waals surface area contributed by atoms with E-state index in [1.165, 1.54) is 24.3 Å². The van der Waals surface area contributed by atoms with Crippen molar-refractivity contribution in [1.82, 2.24) is 0 Å². The maximum absolute atomic E-state index is 10.6. The minimum Gasteiger partial charge on any atom is -0.461 e. The zero-order chi connectivity index (χ0) is 9.10. The van der Waals surface area contributed by atoms with Crippen LogP contribution in [0.2, 0.25) is 0 Å². The molecule has 0 radical (unpaired) electrons. The second-order valence-corrected chi connectivity index (χ2v) is 4.47. The van der Waals surface area contributed by atoms with E-state index in [2.05, 4.69) is 0 Å². The molecule has 1 aliphatic rings. The van der Waals surface area contributed by atoms with Crippen molar-refractivity contribution in [3.05, 3.63) is 23.7 Å². The largest absolute Gasteiger partial charge is 0.461 e. The Hall–Kier alpha value is -0.700. The van der Waals surface area contributed by atoms with Gasteiger partial charge in [-0.1, -0.05) is 0 Å². The average Bonchev–Trinajstić information content (AvgIpc) is 2.67. The number of hydrogen-bond donors (Lipinski definition) is 0. The third kappa shape index (κ3) is 1.80. The Labute approximate surface area is 81.7 Å². The molecular formula is C10H12O2S. The molecule has 1 aromatic heterocycles. The Balaban J connectivity index is 2.17. The third-order valence-corrected chi connectivity index (χ3v) is 3.54. The van der Waals surface area contributed by atoms with Crippen LogP contribution in [0.4, 0.5) is 0 Å². The Morgan fingerprint density at radius 1 is 1.46 bits per heavy atom. The summed E-state index contributed by atoms with van der Waals surface area (Å²) < 4.78 is 5.09. The van der Waals surface area contributed by atoms with Gasteiger partial charge in [0.15, 0.2) is 12.0 Å². The molecule has 1 saturated heterocycles. The smallest absolute Gasteiger partial charge is 0.185 e. The molecule has 0 spiro atoms. The van der Waals surface area contributed by atoms with Gasteiger partial charge >= 0.3 is 0 Å². The molecular weight excluding hydrogens is 184 g/mol. The van der Waals surface area contributed by atoms with Crippen molar-refractivity contribution >= 4 is 18.0 Å². The molecule has 0 amide bonds. The summed E-state index contributed by atoms with van der Waals surface area (Å²) in [5.41, 5.74) is 1.11. The van der Waals surface area contributed by atoms with Crippen molar-refractivity contribution in [2.24, 2.45) is 0 Å². The molecule has 1 fully saturated rings. The molecule has 0 N–H and O–H groups in total. The third-order valence-electron chi connectivity index (χ3n) is 2.50. The fourth-order valence-corrected chi connectivity index (χ4v) is 2.88. The van der Waals surface area contributed by atoms with Crippen LogP contribution in [-0.2, 0) is 0 Å². The van der Waals surface area contributed by atoms with E-state index in [9.17, 15) is 4.79 Å². The number of carbonyl (C=O) groups is 1. The van der Waals surface area contributed by atoms with E-state index in [0.717, 1.165) is 11.8 Å². The number of thioether (sulfide) groups is 1. The van der Waals surface area contributed by atoms with E-state index in [0.29, 0.717) is 11.7 Å². The van der Waals surface area contributed by atoms with Gasteiger partial charge in [-0.15, -0.1) is 0 Å². The Kier molecular flexibility index (Phi) is 2.74. The Bertz CT molecular complexity index is 287. The van der Waals surface area contributed by atoms with Crippen LogP contribution in [0.3, 0.4) is 0 Å². The standard InChI is InChI=1S/C10H12O2S/c11-7-10-9(1-4-12-10)8-2-5-13-6-3-8/h1,4,7-8H,2-3,5-6H2. The van der Waals surface area contributed by atoms with Gasteiger partial charge in [0.05, 0.1) is 6.26 Å². The van der Waals surface area contributed by atoms with Crippen molar-refractivity contribution in [3.8, 4) is 0 Å². The van der Waals surface area contributed by atoms with Gasteiger partial charge in [0, 0.05) is 5.56 Å². The summed E-state index contributed by atoms with van der Waals surface area (Å²) in [5, 5.41) is 0. The van der Waals surface area contributed by atoms with Crippen LogP contribution in [0, 0.1) is 0 Å². The molecule has 2 heterocycles. The fourth-order valence-electron chi connectivity index (χ4n) is 1.77. The summed E-state index contributed by atoms with van der Waals surface area (Å²) in [5.74, 6) is 3.47. The Morgan fingerprint density at radius 2 is 2.23 bits per heavy atom. The monoisotopic (exact) mass is 196 g/mol. The first kappa shape index (κ1) is 8.88. The van der Waals surface area contributed by atoms with E-state index in [1.807, 2.05) is 17.8 Å². The number of rotatable bonds is 2. The first-order chi connectivity index (χ1) is 6.42. The van der Waals surface area contributed by atoms with Crippen LogP contribution in [0.1, 0.15) is 34.9 Å². The lowest BCUT2D eigenvalue weighted by molar-refractivity contribution is 0.109. The van der Waals surface area contributed by atoms with Crippen LogP contribution in [-0.4, -0.2) is 17.8 Å². The second-order valence-electron chi connectivity index (χ2n) is 3.24. The van der Waals surface area contributed by atoms with Crippen molar-refractivity contribution in [2.45, 2.75) is 18.8 Å². The summed E-state index contributed by atoms with van der Waals surface area (Å²) in [4.78, 5) is 10.6. The van der Waals surface area contributed by atoms with Crippen LogP contribution in [0.15, 0.2) is 16.7 Å². The quantitative estimate of drug-likeness (QED) is 0.681. The van der Waals surface area contributed by atoms with Gasteiger partial charge < -0.3 is 4.42 Å². The topological polar surface area (TPSA) is 30.2 Å². The second kappa shape index (κ2) is 4.01. The van der Waals surface area contributed by atoms with Gasteiger partial charge in [-0.25, -0.2) is 0 Å². The molecule has 1 aromatic rings. The number of aldehydes is 1. The van der Waals surface area contributed by atoms with Gasteiger partial charge in [-0.05, 0) is 36.3 Å². The summed E-state index contributed by atoms with van der Waals surface area (Å²) >= 11 is 1.99. The van der Waals surface area contributed by atoms with E-state index in [1.54, 1.807) is 6.26 Å². The minimum absolute atomic E-state index is 0.525. The predicted octanol–water partition coefficient (Wildman–Crippen LogP) is 2.70. The zero-order valence-corrected chi connectivity index (χ0v) is 8.18. The molecule has 2 rings (SSSR count). The summed E-state index contributed by atoms with van der Waals surface area (Å²) in [6.07, 6.45) is 4.77. The van der Waals surface area contributed by atoms with Crippen LogP contribution in [0.25, 0.3) is 0 Å². The molecule has 0 saturated carbocycles. The van der Waals surface area contributed by atoms with Gasteiger partial charge in [-0.2, -0.15) is 11.8 Å². The average molecular weight is 196 g/mol. The van der Waals surface area contributed by atoms with Crippen molar-refractivity contribution in [1.29, 1.82) is 0 Å². The van der Waals surface area contributed by atoms with Gasteiger partial charge in [0.2, 0.25) is 0 Å². The lowest BCUT2D eigenvalue weighted by Gasteiger charge is -2.20. The minimum atomic E-state index is 0.525. The molecule has 2 nitrogen and oxygen atoms in total. The van der Waals surface area contributed by atoms with E-state index < -0.39 is 0 Å². The lowest BCUT2D eigenvalue weighted by Crippen LogP contribution is -2.08. The van der Waals surface area contributed by atoms with Crippen LogP contribution >= 0.6 is 11.8 Å². The molecule has 3 heteroatoms. The van der Waals surface area contributed by atoms with Crippen molar-refractivity contribution in [2.75, 3.05) is 11.5 Å². The molecule has 1 aliphatic heterocycles. The van der Waals surface area contributed by atoms with Gasteiger partial charge in [-0.3, -0.25) is 4.79 Å². The molecule has 0 aliphatic carbocycles. The van der Waals surface area contributed by atoms with Gasteiger partial charge in [0.25, 0.3) is 0 Å². The zero-order valence-electron chi connectivity index (χ0n) is 7.36. The Morgan fingerprint density at radius 3 is 2.92 bits per heavy atom. The fraction of sp³-hybridized carbons (Fsp3) is 0.500. The van der Waals surface area contributed by atoms with Crippen LogP contribution in [0.5, 0.6) is 0 Å². The highest BCUT2D eigenvalue weighted by Crippen LogP contribution is 2.33. The first-order valence-corrected chi connectivity index (χ1v) is 5.67. The van der Waals surface area contributed by atoms with Crippen LogP contribution < -0.4 is 0 Å². The molecule has 0 unspecified atom stereocenters. The predicted molar refractivity (Wildman–Crippen MR) is 53.4 cm³/mol. The maximum Gasteiger partial charge on any atom is 0.185 e. The van der Waals surface area contributed by atoms with E-state index in [4.69, 9.17) is 4.42 Å². The van der Waals surface area contributed by atoms with Gasteiger partial charge in [0.1, 0.15) is 0 Å². The highest BCUT2D eigenvalue weighted by molar-refractivity contribution is 7.99. The summed E-state index contributed by atoms with van der Waals surface area (Å²) in [7, 11) is 0. The maximum atomic E-state index is 10.6. The van der Waals surface area contributed by atoms with E-state index in [-0.39, 0.29) is 0 Å². The van der Waals surface area contributed by atoms with E-state index >= 15 is 0 Å². The highest BCUT2D eigenvalue weighted by atomic mass is 32.2. The van der Waals surface area contributed by atoms with Crippen molar-refractivity contribution in [3.63, 3.8) is 0 Å². The summed E-state index contributed by atoms with van der Waals surface area (Å²) in [6, 6.07) is 1.93. The highest BCUT2D eigenvalue weighted by Gasteiger charge is 2.19. The molecule has 0 atom stereocenters. The molecule has 70 valence electrons. The normalized spacial score (nSPS) is 18.8. The summed E-state index contributed by atoms with van der Waals surface area (Å²) in [6.45, 7) is 0. The number of furan rings is 1. The number of carbonyl (C=O) groups excluding carboxylic acids is 1.